The molecule has 0 aliphatic rings. The van der Waals surface area contributed by atoms with Gasteiger partial charge < -0.3 is 0 Å². The SMILES string of the molecule is Cl[Si](C#Cc1ccccc1)(C#Cc1ccccc1)[Si](Cl)(C#Cc1ccccc1)C#Cc1ccccc1. The van der Waals surface area contributed by atoms with Gasteiger partial charge in [0.1, 0.15) is 0 Å². The Hall–Kier alpha value is -3.87. The van der Waals surface area contributed by atoms with Crippen molar-refractivity contribution in [1.82, 2.24) is 0 Å². The van der Waals surface area contributed by atoms with Gasteiger partial charge in [-0.3, -0.25) is 0 Å². The Morgan fingerprint density at radius 3 is 0.722 bits per heavy atom. The summed E-state index contributed by atoms with van der Waals surface area (Å²) in [6.07, 6.45) is 0. The Balaban J connectivity index is 1.89. The van der Waals surface area contributed by atoms with Gasteiger partial charge in [0.05, 0.1) is 0 Å². The van der Waals surface area contributed by atoms with Gasteiger partial charge in [0, 0.05) is 22.3 Å². The lowest BCUT2D eigenvalue weighted by Crippen LogP contribution is -2.53. The van der Waals surface area contributed by atoms with Crippen LogP contribution in [0.5, 0.6) is 0 Å². The summed E-state index contributed by atoms with van der Waals surface area (Å²) in [6.45, 7) is -6.74. The molecule has 4 heteroatoms. The van der Waals surface area contributed by atoms with Crippen LogP contribution in [-0.2, 0) is 0 Å². The lowest BCUT2D eigenvalue weighted by atomic mass is 10.2. The molecular formula is C32H20Cl2Si2. The molecule has 0 aromatic heterocycles. The van der Waals surface area contributed by atoms with E-state index in [2.05, 4.69) is 45.9 Å². The molecule has 0 N–H and O–H groups in total. The van der Waals surface area contributed by atoms with Gasteiger partial charge in [-0.2, -0.15) is 0 Å². The normalized spacial score (nSPS) is 10.2. The number of hydrogen-bond acceptors (Lipinski definition) is 0. The third-order valence-corrected chi connectivity index (χ3v) is 19.4. The van der Waals surface area contributed by atoms with Crippen molar-refractivity contribution in [3.05, 3.63) is 144 Å². The molecule has 0 unspecified atom stereocenters. The zero-order valence-corrected chi connectivity index (χ0v) is 22.8. The van der Waals surface area contributed by atoms with Gasteiger partial charge in [-0.1, -0.05) is 119 Å². The smallest absolute Gasteiger partial charge is 0.133 e. The highest BCUT2D eigenvalue weighted by Gasteiger charge is 2.53. The molecule has 170 valence electrons. The highest BCUT2D eigenvalue weighted by atomic mass is 35.6. The van der Waals surface area contributed by atoms with Crippen molar-refractivity contribution in [3.8, 4) is 45.9 Å². The highest BCUT2D eigenvalue weighted by molar-refractivity contribution is 7.80. The van der Waals surface area contributed by atoms with Crippen molar-refractivity contribution in [3.63, 3.8) is 0 Å². The molecule has 0 saturated carbocycles. The largest absolute Gasteiger partial charge is 0.338 e. The van der Waals surface area contributed by atoms with Gasteiger partial charge in [-0.25, -0.2) is 0 Å². The van der Waals surface area contributed by atoms with Crippen molar-refractivity contribution in [2.75, 3.05) is 0 Å². The van der Waals surface area contributed by atoms with Gasteiger partial charge >= 0.3 is 13.8 Å². The minimum Gasteiger partial charge on any atom is -0.133 e. The fourth-order valence-corrected chi connectivity index (χ4v) is 10.3. The first-order valence-corrected chi connectivity index (χ1v) is 18.3. The van der Waals surface area contributed by atoms with Gasteiger partial charge in [0.2, 0.25) is 0 Å². The summed E-state index contributed by atoms with van der Waals surface area (Å²) >= 11 is 14.8. The second kappa shape index (κ2) is 12.2. The van der Waals surface area contributed by atoms with E-state index in [1.807, 2.05) is 121 Å². The second-order valence-corrected chi connectivity index (χ2v) is 21.2. The van der Waals surface area contributed by atoms with Crippen LogP contribution in [-0.4, -0.2) is 13.8 Å². The summed E-state index contributed by atoms with van der Waals surface area (Å²) < 4.78 is 0. The maximum atomic E-state index is 7.40. The van der Waals surface area contributed by atoms with E-state index in [1.165, 1.54) is 0 Å². The Kier molecular flexibility index (Phi) is 8.55. The Labute approximate surface area is 224 Å². The van der Waals surface area contributed by atoms with E-state index < -0.39 is 13.8 Å². The maximum Gasteiger partial charge on any atom is 0.338 e. The van der Waals surface area contributed by atoms with Crippen LogP contribution in [0.3, 0.4) is 0 Å². The molecule has 0 spiro atoms. The van der Waals surface area contributed by atoms with Crippen LogP contribution >= 0.6 is 22.2 Å². The fourth-order valence-electron chi connectivity index (χ4n) is 3.13. The van der Waals surface area contributed by atoms with Crippen molar-refractivity contribution < 1.29 is 0 Å². The molecule has 4 aromatic rings. The zero-order chi connectivity index (χ0) is 25.1. The van der Waals surface area contributed by atoms with Gasteiger partial charge in [-0.15, -0.1) is 22.2 Å². The number of hydrogen-bond donors (Lipinski definition) is 0. The minimum atomic E-state index is -3.37. The quantitative estimate of drug-likeness (QED) is 0.144. The van der Waals surface area contributed by atoms with E-state index in [1.54, 1.807) is 0 Å². The Morgan fingerprint density at radius 1 is 0.333 bits per heavy atom. The van der Waals surface area contributed by atoms with Crippen LogP contribution in [0.1, 0.15) is 22.3 Å². The standard InChI is InChI=1S/C32H20Cl2Si2/c33-35(25-21-29-13-5-1-6-14-29,26-22-30-15-7-2-8-16-30)36(34,27-23-31-17-9-3-10-18-31)28-24-32-19-11-4-12-20-32/h1-20H. The fraction of sp³-hybridized carbons (Fsp3) is 0. The second-order valence-electron chi connectivity index (χ2n) is 7.78. The molecule has 0 aliphatic carbocycles. The molecule has 0 atom stereocenters. The summed E-state index contributed by atoms with van der Waals surface area (Å²) in [4.78, 5) is 0. The molecule has 0 radical (unpaired) electrons. The number of rotatable bonds is 1. The van der Waals surface area contributed by atoms with Gasteiger partial charge in [-0.05, 0) is 48.5 Å². The van der Waals surface area contributed by atoms with E-state index in [-0.39, 0.29) is 0 Å². The van der Waals surface area contributed by atoms with Crippen LogP contribution in [0.15, 0.2) is 121 Å². The molecule has 0 saturated heterocycles. The summed E-state index contributed by atoms with van der Waals surface area (Å²) in [5.74, 6) is 12.9. The number of halogens is 2. The van der Waals surface area contributed by atoms with Crippen LogP contribution in [0.2, 0.25) is 0 Å². The average Bonchev–Trinajstić information content (AvgIpc) is 2.95. The van der Waals surface area contributed by atoms with Crippen LogP contribution in [0.4, 0.5) is 0 Å². The summed E-state index contributed by atoms with van der Waals surface area (Å²) in [5.41, 5.74) is 16.6. The first kappa shape index (κ1) is 25.2. The number of benzene rings is 4. The Bertz CT molecular complexity index is 1320. The predicted octanol–water partition coefficient (Wildman–Crippen LogP) is 6.80. The van der Waals surface area contributed by atoms with Gasteiger partial charge in [0.25, 0.3) is 0 Å². The first-order valence-electron chi connectivity index (χ1n) is 11.3. The molecular weight excluding hydrogens is 511 g/mol. The van der Waals surface area contributed by atoms with E-state index in [4.69, 9.17) is 22.2 Å². The molecule has 4 aromatic carbocycles. The monoisotopic (exact) mass is 530 g/mol. The van der Waals surface area contributed by atoms with Crippen molar-refractivity contribution >= 4 is 36.0 Å². The summed E-state index contributed by atoms with van der Waals surface area (Å²) in [7, 11) is 0. The van der Waals surface area contributed by atoms with Crippen molar-refractivity contribution in [1.29, 1.82) is 0 Å². The van der Waals surface area contributed by atoms with Crippen LogP contribution in [0.25, 0.3) is 0 Å². The topological polar surface area (TPSA) is 0 Å². The summed E-state index contributed by atoms with van der Waals surface area (Å²) in [5, 5.41) is 0. The zero-order valence-electron chi connectivity index (χ0n) is 19.3. The lowest BCUT2D eigenvalue weighted by Gasteiger charge is -2.20. The van der Waals surface area contributed by atoms with E-state index in [9.17, 15) is 0 Å². The third kappa shape index (κ3) is 6.84. The third-order valence-electron chi connectivity index (χ3n) is 5.09. The molecule has 0 fully saturated rings. The molecule has 0 heterocycles. The molecule has 0 nitrogen and oxygen atoms in total. The molecule has 4 rings (SSSR count). The molecule has 0 amide bonds. The highest BCUT2D eigenvalue weighted by Crippen LogP contribution is 2.26. The predicted molar refractivity (Wildman–Crippen MR) is 156 cm³/mol. The van der Waals surface area contributed by atoms with E-state index in [0.29, 0.717) is 0 Å². The first-order chi connectivity index (χ1) is 17.6. The van der Waals surface area contributed by atoms with Crippen molar-refractivity contribution in [2.45, 2.75) is 0 Å². The minimum absolute atomic E-state index is 0.844. The van der Waals surface area contributed by atoms with Crippen LogP contribution < -0.4 is 0 Å². The van der Waals surface area contributed by atoms with E-state index in [0.717, 1.165) is 22.3 Å². The molecule has 0 aliphatic heterocycles. The Morgan fingerprint density at radius 2 is 0.528 bits per heavy atom. The average molecular weight is 532 g/mol. The summed E-state index contributed by atoms with van der Waals surface area (Å²) in [6, 6.07) is 38.8. The lowest BCUT2D eigenvalue weighted by molar-refractivity contribution is 1.65. The van der Waals surface area contributed by atoms with Crippen molar-refractivity contribution in [2.24, 2.45) is 0 Å². The van der Waals surface area contributed by atoms with Gasteiger partial charge in [0.15, 0.2) is 0 Å². The van der Waals surface area contributed by atoms with E-state index >= 15 is 0 Å². The molecule has 36 heavy (non-hydrogen) atoms. The van der Waals surface area contributed by atoms with Crippen LogP contribution in [0, 0.1) is 45.9 Å². The maximum absolute atomic E-state index is 7.40. The molecule has 0 bridgehead atoms.